The molecule has 0 saturated carbocycles. The van der Waals surface area contributed by atoms with Crippen molar-refractivity contribution in [1.29, 1.82) is 0 Å². The van der Waals surface area contributed by atoms with Crippen molar-refractivity contribution in [2.45, 2.75) is 12.8 Å². The van der Waals surface area contributed by atoms with Crippen LogP contribution >= 0.6 is 11.6 Å². The van der Waals surface area contributed by atoms with Gasteiger partial charge in [-0.2, -0.15) is 0 Å². The SMILES string of the molecule is O=c1ccoc2ccc(OCCCCCl)cc12. The van der Waals surface area contributed by atoms with E-state index in [0.717, 1.165) is 12.8 Å². The Morgan fingerprint density at radius 3 is 2.94 bits per heavy atom. The molecule has 0 amide bonds. The molecule has 3 nitrogen and oxygen atoms in total. The number of rotatable bonds is 5. The van der Waals surface area contributed by atoms with Gasteiger partial charge in [-0.1, -0.05) is 0 Å². The van der Waals surface area contributed by atoms with Crippen molar-refractivity contribution in [3.63, 3.8) is 0 Å². The van der Waals surface area contributed by atoms with Crippen molar-refractivity contribution in [1.82, 2.24) is 0 Å². The average Bonchev–Trinajstić information content (AvgIpc) is 2.36. The van der Waals surface area contributed by atoms with Crippen molar-refractivity contribution in [3.8, 4) is 5.75 Å². The number of hydrogen-bond acceptors (Lipinski definition) is 3. The quantitative estimate of drug-likeness (QED) is 0.606. The van der Waals surface area contributed by atoms with Gasteiger partial charge >= 0.3 is 0 Å². The number of halogens is 1. The highest BCUT2D eigenvalue weighted by atomic mass is 35.5. The molecule has 0 unspecified atom stereocenters. The van der Waals surface area contributed by atoms with E-state index in [2.05, 4.69) is 0 Å². The predicted molar refractivity (Wildman–Crippen MR) is 67.9 cm³/mol. The molecule has 0 aliphatic heterocycles. The molecule has 0 saturated heterocycles. The van der Waals surface area contributed by atoms with Gasteiger partial charge in [-0.05, 0) is 31.0 Å². The smallest absolute Gasteiger partial charge is 0.192 e. The summed E-state index contributed by atoms with van der Waals surface area (Å²) in [6, 6.07) is 6.65. The van der Waals surface area contributed by atoms with Gasteiger partial charge in [0.25, 0.3) is 0 Å². The highest BCUT2D eigenvalue weighted by Gasteiger charge is 2.02. The molecule has 0 radical (unpaired) electrons. The fourth-order valence-corrected chi connectivity index (χ4v) is 1.73. The van der Waals surface area contributed by atoms with Crippen molar-refractivity contribution in [2.24, 2.45) is 0 Å². The Labute approximate surface area is 104 Å². The van der Waals surface area contributed by atoms with E-state index in [0.29, 0.717) is 29.2 Å². The lowest BCUT2D eigenvalue weighted by atomic mass is 10.2. The molecular formula is C13H13ClO3. The molecule has 2 aromatic rings. The first-order valence-electron chi connectivity index (χ1n) is 5.51. The minimum absolute atomic E-state index is 0.0579. The molecule has 0 spiro atoms. The average molecular weight is 253 g/mol. The molecule has 17 heavy (non-hydrogen) atoms. The van der Waals surface area contributed by atoms with Crippen LogP contribution < -0.4 is 10.2 Å². The predicted octanol–water partition coefficient (Wildman–Crippen LogP) is 3.19. The van der Waals surface area contributed by atoms with Crippen LogP contribution in [0.4, 0.5) is 0 Å². The summed E-state index contributed by atoms with van der Waals surface area (Å²) in [5, 5.41) is 0.544. The third-order valence-electron chi connectivity index (χ3n) is 2.43. The van der Waals surface area contributed by atoms with E-state index in [4.69, 9.17) is 20.8 Å². The number of benzene rings is 1. The van der Waals surface area contributed by atoms with Gasteiger partial charge in [0.15, 0.2) is 5.43 Å². The summed E-state index contributed by atoms with van der Waals surface area (Å²) in [4.78, 5) is 11.6. The topological polar surface area (TPSA) is 39.4 Å². The summed E-state index contributed by atoms with van der Waals surface area (Å²) in [7, 11) is 0. The number of ether oxygens (including phenoxy) is 1. The maximum absolute atomic E-state index is 11.6. The molecule has 0 fully saturated rings. The maximum Gasteiger partial charge on any atom is 0.192 e. The standard InChI is InChI=1S/C13H13ClO3/c14-6-1-2-7-16-10-3-4-13-11(9-10)12(15)5-8-17-13/h3-5,8-9H,1-2,6-7H2. The van der Waals surface area contributed by atoms with Gasteiger partial charge in [0.1, 0.15) is 11.3 Å². The largest absolute Gasteiger partial charge is 0.494 e. The van der Waals surface area contributed by atoms with Crippen LogP contribution in [0.5, 0.6) is 5.75 Å². The first-order chi connectivity index (χ1) is 8.31. The molecule has 90 valence electrons. The van der Waals surface area contributed by atoms with E-state index in [1.807, 2.05) is 0 Å². The Morgan fingerprint density at radius 2 is 2.12 bits per heavy atom. The fraction of sp³-hybridized carbons (Fsp3) is 0.308. The van der Waals surface area contributed by atoms with Crippen LogP contribution in [-0.2, 0) is 0 Å². The van der Waals surface area contributed by atoms with E-state index < -0.39 is 0 Å². The van der Waals surface area contributed by atoms with Gasteiger partial charge in [0.2, 0.25) is 0 Å². The highest BCUT2D eigenvalue weighted by molar-refractivity contribution is 6.17. The van der Waals surface area contributed by atoms with Crippen molar-refractivity contribution in [2.75, 3.05) is 12.5 Å². The Bertz CT molecular complexity index is 548. The van der Waals surface area contributed by atoms with Crippen LogP contribution in [0.2, 0.25) is 0 Å². The monoisotopic (exact) mass is 252 g/mol. The Kier molecular flexibility index (Phi) is 4.04. The lowest BCUT2D eigenvalue weighted by Gasteiger charge is -2.05. The van der Waals surface area contributed by atoms with E-state index in [-0.39, 0.29) is 5.43 Å². The van der Waals surface area contributed by atoms with E-state index in [1.165, 1.54) is 12.3 Å². The van der Waals surface area contributed by atoms with Gasteiger partial charge in [0.05, 0.1) is 18.3 Å². The molecule has 0 bridgehead atoms. The number of alkyl halides is 1. The van der Waals surface area contributed by atoms with Crippen molar-refractivity contribution < 1.29 is 9.15 Å². The van der Waals surface area contributed by atoms with Gasteiger partial charge in [0, 0.05) is 11.9 Å². The zero-order valence-electron chi connectivity index (χ0n) is 9.32. The zero-order chi connectivity index (χ0) is 12.1. The summed E-state index contributed by atoms with van der Waals surface area (Å²) in [6.45, 7) is 0.608. The summed E-state index contributed by atoms with van der Waals surface area (Å²) in [5.41, 5.74) is 0.517. The Morgan fingerprint density at radius 1 is 1.24 bits per heavy atom. The maximum atomic E-state index is 11.6. The zero-order valence-corrected chi connectivity index (χ0v) is 10.1. The van der Waals surface area contributed by atoms with Gasteiger partial charge in [-0.3, -0.25) is 4.79 Å². The summed E-state index contributed by atoms with van der Waals surface area (Å²) in [5.74, 6) is 1.33. The van der Waals surface area contributed by atoms with Gasteiger partial charge in [-0.25, -0.2) is 0 Å². The van der Waals surface area contributed by atoms with E-state index in [1.54, 1.807) is 18.2 Å². The molecule has 4 heteroatoms. The summed E-state index contributed by atoms with van der Waals surface area (Å²) >= 11 is 5.57. The molecule has 1 aromatic heterocycles. The van der Waals surface area contributed by atoms with Crippen LogP contribution in [-0.4, -0.2) is 12.5 Å². The summed E-state index contributed by atoms with van der Waals surface area (Å²) < 4.78 is 10.7. The molecule has 0 aliphatic carbocycles. The summed E-state index contributed by atoms with van der Waals surface area (Å²) in [6.07, 6.45) is 3.23. The van der Waals surface area contributed by atoms with Crippen molar-refractivity contribution in [3.05, 3.63) is 40.8 Å². The Hall–Kier alpha value is -1.48. The third-order valence-corrected chi connectivity index (χ3v) is 2.69. The first-order valence-corrected chi connectivity index (χ1v) is 6.05. The molecule has 0 N–H and O–H groups in total. The molecule has 0 aliphatic rings. The van der Waals surface area contributed by atoms with E-state index >= 15 is 0 Å². The van der Waals surface area contributed by atoms with E-state index in [9.17, 15) is 4.79 Å². The lowest BCUT2D eigenvalue weighted by molar-refractivity contribution is 0.310. The van der Waals surface area contributed by atoms with Crippen LogP contribution in [0, 0.1) is 0 Å². The van der Waals surface area contributed by atoms with Crippen LogP contribution in [0.15, 0.2) is 39.7 Å². The second kappa shape index (κ2) is 5.73. The van der Waals surface area contributed by atoms with Crippen LogP contribution in [0.1, 0.15) is 12.8 Å². The third kappa shape index (κ3) is 3.01. The van der Waals surface area contributed by atoms with Crippen LogP contribution in [0.25, 0.3) is 11.0 Å². The molecule has 0 atom stereocenters. The fourth-order valence-electron chi connectivity index (χ4n) is 1.54. The normalized spacial score (nSPS) is 10.6. The molecule has 2 rings (SSSR count). The van der Waals surface area contributed by atoms with Gasteiger partial charge in [-0.15, -0.1) is 11.6 Å². The number of unbranched alkanes of at least 4 members (excludes halogenated alkanes) is 1. The molecule has 1 aromatic carbocycles. The Balaban J connectivity index is 2.14. The van der Waals surface area contributed by atoms with Crippen molar-refractivity contribution >= 4 is 22.6 Å². The lowest BCUT2D eigenvalue weighted by Crippen LogP contribution is -2.01. The minimum Gasteiger partial charge on any atom is -0.494 e. The number of fused-ring (bicyclic) bond motifs is 1. The molecule has 1 heterocycles. The first kappa shape index (κ1) is 12.0. The number of hydrogen-bond donors (Lipinski definition) is 0. The van der Waals surface area contributed by atoms with Gasteiger partial charge < -0.3 is 9.15 Å². The minimum atomic E-state index is -0.0579. The highest BCUT2D eigenvalue weighted by Crippen LogP contribution is 2.18. The second-order valence-corrected chi connectivity index (χ2v) is 4.07. The molecular weight excluding hydrogens is 240 g/mol. The second-order valence-electron chi connectivity index (χ2n) is 3.69. The van der Waals surface area contributed by atoms with Crippen LogP contribution in [0.3, 0.4) is 0 Å².